The number of morpholine rings is 2. The van der Waals surface area contributed by atoms with Gasteiger partial charge in [0.15, 0.2) is 0 Å². The zero-order valence-electron chi connectivity index (χ0n) is 11.2. The second kappa shape index (κ2) is 6.69. The van der Waals surface area contributed by atoms with Crippen LogP contribution in [0.5, 0.6) is 0 Å². The fourth-order valence-corrected chi connectivity index (χ4v) is 2.71. The smallest absolute Gasteiger partial charge is 0.0727 e. The summed E-state index contributed by atoms with van der Waals surface area (Å²) in [5, 5.41) is 0. The molecule has 2 rings (SSSR count). The summed E-state index contributed by atoms with van der Waals surface area (Å²) in [4.78, 5) is 4.93. The fourth-order valence-electron chi connectivity index (χ4n) is 2.71. The van der Waals surface area contributed by atoms with E-state index in [1.165, 1.54) is 0 Å². The molecule has 2 aliphatic heterocycles. The van der Waals surface area contributed by atoms with Crippen LogP contribution in [0.3, 0.4) is 0 Å². The van der Waals surface area contributed by atoms with Gasteiger partial charge in [-0.1, -0.05) is 13.8 Å². The predicted molar refractivity (Wildman–Crippen MR) is 68.3 cm³/mol. The summed E-state index contributed by atoms with van der Waals surface area (Å²) in [6.07, 6.45) is 1.78. The minimum atomic E-state index is 0.366. The third-order valence-electron chi connectivity index (χ3n) is 3.87. The topological polar surface area (TPSA) is 24.9 Å². The second-order valence-electron chi connectivity index (χ2n) is 5.01. The number of ether oxygens (including phenoxy) is 2. The van der Waals surface area contributed by atoms with Gasteiger partial charge in [-0.15, -0.1) is 0 Å². The van der Waals surface area contributed by atoms with E-state index >= 15 is 0 Å². The quantitative estimate of drug-likeness (QED) is 0.728. The normalized spacial score (nSPS) is 32.8. The van der Waals surface area contributed by atoms with Crippen molar-refractivity contribution in [2.45, 2.75) is 32.5 Å². The van der Waals surface area contributed by atoms with E-state index in [0.717, 1.165) is 58.9 Å². The molecule has 0 amide bonds. The molecule has 0 spiro atoms. The van der Waals surface area contributed by atoms with Crippen molar-refractivity contribution in [2.24, 2.45) is 0 Å². The van der Waals surface area contributed by atoms with Crippen LogP contribution in [0.4, 0.5) is 0 Å². The van der Waals surface area contributed by atoms with E-state index in [-0.39, 0.29) is 0 Å². The standard InChI is InChI=1S/C13H26N2O2/c1-3-14-5-7-16-12(10-14)9-13-11-15(4-2)6-8-17-13/h12-13H,3-11H2,1-2H3. The Kier molecular flexibility index (Phi) is 5.22. The highest BCUT2D eigenvalue weighted by atomic mass is 16.5. The highest BCUT2D eigenvalue weighted by molar-refractivity contribution is 4.78. The average Bonchev–Trinajstić information content (AvgIpc) is 2.39. The first-order chi connectivity index (χ1) is 8.31. The molecule has 0 N–H and O–H groups in total. The summed E-state index contributed by atoms with van der Waals surface area (Å²) in [5.41, 5.74) is 0. The molecule has 2 saturated heterocycles. The molecular formula is C13H26N2O2. The van der Waals surface area contributed by atoms with Gasteiger partial charge in [0.1, 0.15) is 0 Å². The van der Waals surface area contributed by atoms with Gasteiger partial charge in [-0.2, -0.15) is 0 Å². The largest absolute Gasteiger partial charge is 0.375 e. The van der Waals surface area contributed by atoms with Gasteiger partial charge in [0.05, 0.1) is 25.4 Å². The van der Waals surface area contributed by atoms with Gasteiger partial charge in [-0.25, -0.2) is 0 Å². The van der Waals surface area contributed by atoms with Crippen LogP contribution >= 0.6 is 0 Å². The highest BCUT2D eigenvalue weighted by Crippen LogP contribution is 2.15. The SMILES string of the molecule is CCN1CCOC(CC2CN(CC)CCO2)C1. The zero-order valence-corrected chi connectivity index (χ0v) is 11.2. The maximum Gasteiger partial charge on any atom is 0.0727 e. The van der Waals surface area contributed by atoms with Gasteiger partial charge in [0.2, 0.25) is 0 Å². The third-order valence-corrected chi connectivity index (χ3v) is 3.87. The average molecular weight is 242 g/mol. The molecule has 100 valence electrons. The van der Waals surface area contributed by atoms with Crippen molar-refractivity contribution in [2.75, 3.05) is 52.5 Å². The molecule has 4 nitrogen and oxygen atoms in total. The Morgan fingerprint density at radius 2 is 1.35 bits per heavy atom. The lowest BCUT2D eigenvalue weighted by Gasteiger charge is -2.37. The van der Waals surface area contributed by atoms with Crippen LogP contribution in [0, 0.1) is 0 Å². The summed E-state index contributed by atoms with van der Waals surface area (Å²) in [6, 6.07) is 0. The summed E-state index contributed by atoms with van der Waals surface area (Å²) in [6.45, 7) is 12.8. The van der Waals surface area contributed by atoms with Crippen molar-refractivity contribution < 1.29 is 9.47 Å². The molecule has 0 aromatic rings. The van der Waals surface area contributed by atoms with Gasteiger partial charge in [-0.3, -0.25) is 9.80 Å². The fraction of sp³-hybridized carbons (Fsp3) is 1.00. The molecule has 2 aliphatic rings. The van der Waals surface area contributed by atoms with E-state index in [9.17, 15) is 0 Å². The summed E-state index contributed by atoms with van der Waals surface area (Å²) in [7, 11) is 0. The molecule has 0 aromatic carbocycles. The van der Waals surface area contributed by atoms with E-state index in [1.807, 2.05) is 0 Å². The highest BCUT2D eigenvalue weighted by Gasteiger charge is 2.26. The Morgan fingerprint density at radius 3 is 1.76 bits per heavy atom. The lowest BCUT2D eigenvalue weighted by atomic mass is 10.1. The zero-order chi connectivity index (χ0) is 12.1. The van der Waals surface area contributed by atoms with Crippen molar-refractivity contribution >= 4 is 0 Å². The Hall–Kier alpha value is -0.160. The number of hydrogen-bond donors (Lipinski definition) is 0. The molecular weight excluding hydrogens is 216 g/mol. The molecule has 2 fully saturated rings. The molecule has 2 unspecified atom stereocenters. The van der Waals surface area contributed by atoms with Crippen molar-refractivity contribution in [3.63, 3.8) is 0 Å². The molecule has 0 aliphatic carbocycles. The van der Waals surface area contributed by atoms with Gasteiger partial charge in [0.25, 0.3) is 0 Å². The van der Waals surface area contributed by atoms with E-state index < -0.39 is 0 Å². The summed E-state index contributed by atoms with van der Waals surface area (Å²) in [5.74, 6) is 0. The van der Waals surface area contributed by atoms with Crippen LogP contribution in [0.2, 0.25) is 0 Å². The van der Waals surface area contributed by atoms with E-state index in [4.69, 9.17) is 9.47 Å². The Bertz CT molecular complexity index is 203. The molecule has 0 aromatic heterocycles. The minimum absolute atomic E-state index is 0.366. The van der Waals surface area contributed by atoms with Gasteiger partial charge < -0.3 is 9.47 Å². The Morgan fingerprint density at radius 1 is 0.882 bits per heavy atom. The van der Waals surface area contributed by atoms with E-state index in [1.54, 1.807) is 0 Å². The molecule has 4 heteroatoms. The molecule has 2 atom stereocenters. The van der Waals surface area contributed by atoms with Crippen molar-refractivity contribution in [1.29, 1.82) is 0 Å². The Labute approximate surface area is 105 Å². The van der Waals surface area contributed by atoms with Crippen LogP contribution in [0.1, 0.15) is 20.3 Å². The Balaban J connectivity index is 1.75. The lowest BCUT2D eigenvalue weighted by molar-refractivity contribution is -0.0845. The maximum atomic E-state index is 5.84. The molecule has 17 heavy (non-hydrogen) atoms. The van der Waals surface area contributed by atoms with Crippen LogP contribution in [0.25, 0.3) is 0 Å². The molecule has 0 radical (unpaired) electrons. The second-order valence-corrected chi connectivity index (χ2v) is 5.01. The van der Waals surface area contributed by atoms with Crippen molar-refractivity contribution in [1.82, 2.24) is 9.80 Å². The number of rotatable bonds is 4. The first-order valence-corrected chi connectivity index (χ1v) is 6.99. The molecule has 0 bridgehead atoms. The summed E-state index contributed by atoms with van der Waals surface area (Å²) < 4.78 is 11.7. The van der Waals surface area contributed by atoms with Gasteiger partial charge in [-0.05, 0) is 13.1 Å². The number of nitrogens with zero attached hydrogens (tertiary/aromatic N) is 2. The number of hydrogen-bond acceptors (Lipinski definition) is 4. The monoisotopic (exact) mass is 242 g/mol. The van der Waals surface area contributed by atoms with Crippen molar-refractivity contribution in [3.8, 4) is 0 Å². The van der Waals surface area contributed by atoms with Crippen LogP contribution in [-0.4, -0.2) is 74.5 Å². The van der Waals surface area contributed by atoms with Crippen LogP contribution in [-0.2, 0) is 9.47 Å². The first-order valence-electron chi connectivity index (χ1n) is 6.99. The maximum absolute atomic E-state index is 5.84. The van der Waals surface area contributed by atoms with Gasteiger partial charge >= 0.3 is 0 Å². The summed E-state index contributed by atoms with van der Waals surface area (Å²) >= 11 is 0. The first kappa shape index (κ1) is 13.3. The van der Waals surface area contributed by atoms with E-state index in [2.05, 4.69) is 23.6 Å². The number of likely N-dealkylation sites (N-methyl/N-ethyl adjacent to an activating group) is 2. The lowest BCUT2D eigenvalue weighted by Crippen LogP contribution is -2.47. The van der Waals surface area contributed by atoms with Gasteiger partial charge in [0, 0.05) is 32.6 Å². The van der Waals surface area contributed by atoms with Crippen LogP contribution < -0.4 is 0 Å². The predicted octanol–water partition coefficient (Wildman–Crippen LogP) is 0.818. The minimum Gasteiger partial charge on any atom is -0.375 e. The van der Waals surface area contributed by atoms with Crippen LogP contribution in [0.15, 0.2) is 0 Å². The van der Waals surface area contributed by atoms with Crippen molar-refractivity contribution in [3.05, 3.63) is 0 Å². The van der Waals surface area contributed by atoms with E-state index in [0.29, 0.717) is 12.2 Å². The molecule has 0 saturated carbocycles. The molecule has 2 heterocycles. The third kappa shape index (κ3) is 3.91.